The zero-order valence-corrected chi connectivity index (χ0v) is 13.8. The minimum atomic E-state index is -0.362. The van der Waals surface area contributed by atoms with Crippen LogP contribution in [0.4, 0.5) is 0 Å². The molecule has 20 heavy (non-hydrogen) atoms. The van der Waals surface area contributed by atoms with Gasteiger partial charge in [0.2, 0.25) is 0 Å². The lowest BCUT2D eigenvalue weighted by atomic mass is 10.2. The molecule has 102 valence electrons. The molecule has 0 unspecified atom stereocenters. The number of hydrogen-bond donors (Lipinski definition) is 2. The predicted octanol–water partition coefficient (Wildman–Crippen LogP) is 2.92. The number of carbonyl (C=O) groups is 1. The Morgan fingerprint density at radius 2 is 2.30 bits per heavy atom. The average molecular weight is 446 g/mol. The average Bonchev–Trinajstić information content (AvgIpc) is 2.44. The number of nitrogens with zero attached hydrogens (tertiary/aromatic N) is 2. The van der Waals surface area contributed by atoms with Crippen LogP contribution < -0.4 is 5.43 Å². The second kappa shape index (κ2) is 6.80. The Hall–Kier alpha value is -1.48. The predicted molar refractivity (Wildman–Crippen MR) is 87.8 cm³/mol. The maximum Gasteiger partial charge on any atom is 0.272 e. The summed E-state index contributed by atoms with van der Waals surface area (Å²) in [5.41, 5.74) is 3.30. The largest absolute Gasteiger partial charge is 0.506 e. The van der Waals surface area contributed by atoms with E-state index in [0.717, 1.165) is 4.47 Å². The number of pyridine rings is 1. The molecular formula is C13H9BrIN3O2. The van der Waals surface area contributed by atoms with Crippen LogP contribution >= 0.6 is 38.5 Å². The van der Waals surface area contributed by atoms with Crippen LogP contribution in [0.5, 0.6) is 5.75 Å². The Bertz CT molecular complexity index is 662. The molecule has 7 heteroatoms. The van der Waals surface area contributed by atoms with Gasteiger partial charge in [0.25, 0.3) is 5.91 Å². The molecule has 0 aliphatic carbocycles. The van der Waals surface area contributed by atoms with E-state index in [9.17, 15) is 9.90 Å². The summed E-state index contributed by atoms with van der Waals surface area (Å²) in [6.07, 6.45) is 4.42. The number of aromatic hydroxyl groups is 1. The van der Waals surface area contributed by atoms with Crippen molar-refractivity contribution in [1.82, 2.24) is 10.4 Å². The lowest BCUT2D eigenvalue weighted by Gasteiger charge is -2.03. The minimum absolute atomic E-state index is 0.119. The lowest BCUT2D eigenvalue weighted by molar-refractivity contribution is 0.0954. The van der Waals surface area contributed by atoms with Gasteiger partial charge in [0, 0.05) is 22.4 Å². The highest BCUT2D eigenvalue weighted by Gasteiger charge is 2.06. The molecule has 0 atom stereocenters. The zero-order valence-electron chi connectivity index (χ0n) is 10.0. The molecule has 0 saturated carbocycles. The molecule has 5 nitrogen and oxygen atoms in total. The van der Waals surface area contributed by atoms with Crippen molar-refractivity contribution in [1.29, 1.82) is 0 Å². The summed E-state index contributed by atoms with van der Waals surface area (Å²) in [6, 6.07) is 6.79. The lowest BCUT2D eigenvalue weighted by Crippen LogP contribution is -2.17. The van der Waals surface area contributed by atoms with E-state index >= 15 is 0 Å². The van der Waals surface area contributed by atoms with Crippen LogP contribution in [0, 0.1) is 3.57 Å². The second-order valence-electron chi connectivity index (χ2n) is 3.77. The normalized spacial score (nSPS) is 10.7. The Labute approximate surface area is 137 Å². The number of hydrazone groups is 1. The van der Waals surface area contributed by atoms with Crippen LogP contribution in [0.25, 0.3) is 0 Å². The van der Waals surface area contributed by atoms with Crippen LogP contribution in [-0.2, 0) is 0 Å². The molecule has 1 aromatic carbocycles. The molecule has 2 rings (SSSR count). The monoisotopic (exact) mass is 445 g/mol. The van der Waals surface area contributed by atoms with Gasteiger partial charge < -0.3 is 5.11 Å². The SMILES string of the molecule is O=C(N/N=C/c1cc(Br)cc(I)c1O)c1cccnc1. The maximum absolute atomic E-state index is 11.7. The number of phenolic OH excluding ortho intramolecular Hbond substituents is 1. The van der Waals surface area contributed by atoms with Gasteiger partial charge in [-0.05, 0) is 46.9 Å². The van der Waals surface area contributed by atoms with Crippen molar-refractivity contribution in [2.45, 2.75) is 0 Å². The second-order valence-corrected chi connectivity index (χ2v) is 5.84. The molecule has 0 bridgehead atoms. The van der Waals surface area contributed by atoms with Gasteiger partial charge in [-0.1, -0.05) is 15.9 Å². The van der Waals surface area contributed by atoms with E-state index in [2.05, 4.69) is 31.4 Å². The van der Waals surface area contributed by atoms with Gasteiger partial charge in [0.05, 0.1) is 15.3 Å². The van der Waals surface area contributed by atoms with Gasteiger partial charge in [0.15, 0.2) is 0 Å². The Morgan fingerprint density at radius 1 is 1.50 bits per heavy atom. The number of carbonyl (C=O) groups excluding carboxylic acids is 1. The van der Waals surface area contributed by atoms with Crippen LogP contribution in [-0.4, -0.2) is 22.2 Å². The number of aromatic nitrogens is 1. The molecule has 0 aliphatic heterocycles. The standard InChI is InChI=1S/C13H9BrIN3O2/c14-10-4-9(12(19)11(15)5-10)7-17-18-13(20)8-2-1-3-16-6-8/h1-7,19H,(H,18,20)/b17-7+. The molecular weight excluding hydrogens is 437 g/mol. The zero-order chi connectivity index (χ0) is 14.5. The van der Waals surface area contributed by atoms with Crippen LogP contribution in [0.2, 0.25) is 0 Å². The third kappa shape index (κ3) is 3.76. The third-order valence-electron chi connectivity index (χ3n) is 2.35. The van der Waals surface area contributed by atoms with Crippen molar-refractivity contribution in [3.05, 3.63) is 55.8 Å². The summed E-state index contributed by atoms with van der Waals surface area (Å²) in [4.78, 5) is 15.6. The van der Waals surface area contributed by atoms with Gasteiger partial charge in [-0.25, -0.2) is 5.43 Å². The molecule has 0 aliphatic rings. The highest BCUT2D eigenvalue weighted by molar-refractivity contribution is 14.1. The number of phenols is 1. The molecule has 2 N–H and O–H groups in total. The number of nitrogens with one attached hydrogen (secondary N) is 1. The molecule has 0 saturated heterocycles. The first kappa shape index (κ1) is 14.9. The van der Waals surface area contributed by atoms with E-state index in [-0.39, 0.29) is 11.7 Å². The van der Waals surface area contributed by atoms with E-state index in [4.69, 9.17) is 0 Å². The van der Waals surface area contributed by atoms with Crippen molar-refractivity contribution in [3.8, 4) is 5.75 Å². The third-order valence-corrected chi connectivity index (χ3v) is 3.63. The quantitative estimate of drug-likeness (QED) is 0.433. The fraction of sp³-hybridized carbons (Fsp3) is 0. The highest BCUT2D eigenvalue weighted by Crippen LogP contribution is 2.27. The Morgan fingerprint density at radius 3 is 3.00 bits per heavy atom. The fourth-order valence-electron chi connectivity index (χ4n) is 1.41. The van der Waals surface area contributed by atoms with Gasteiger partial charge in [0.1, 0.15) is 5.75 Å². The summed E-state index contributed by atoms with van der Waals surface area (Å²) >= 11 is 5.34. The van der Waals surface area contributed by atoms with Crippen molar-refractivity contribution in [2.75, 3.05) is 0 Å². The molecule has 0 spiro atoms. The van der Waals surface area contributed by atoms with E-state index in [1.54, 1.807) is 30.5 Å². The Kier molecular flexibility index (Phi) is 5.07. The van der Waals surface area contributed by atoms with E-state index in [1.807, 2.05) is 22.6 Å². The Balaban J connectivity index is 2.10. The summed E-state index contributed by atoms with van der Waals surface area (Å²) in [5, 5.41) is 13.7. The molecule has 1 heterocycles. The first-order valence-electron chi connectivity index (χ1n) is 5.49. The molecule has 1 amide bonds. The number of hydrogen-bond acceptors (Lipinski definition) is 4. The van der Waals surface area contributed by atoms with Crippen molar-refractivity contribution in [3.63, 3.8) is 0 Å². The summed E-state index contributed by atoms with van der Waals surface area (Å²) < 4.78 is 1.51. The van der Waals surface area contributed by atoms with Crippen LogP contribution in [0.1, 0.15) is 15.9 Å². The maximum atomic E-state index is 11.7. The van der Waals surface area contributed by atoms with Crippen LogP contribution in [0.3, 0.4) is 0 Å². The van der Waals surface area contributed by atoms with Gasteiger partial charge >= 0.3 is 0 Å². The van der Waals surface area contributed by atoms with E-state index in [0.29, 0.717) is 14.7 Å². The molecule has 2 aromatic rings. The minimum Gasteiger partial charge on any atom is -0.506 e. The van der Waals surface area contributed by atoms with Crippen LogP contribution in [0.15, 0.2) is 46.2 Å². The topological polar surface area (TPSA) is 74.6 Å². The van der Waals surface area contributed by atoms with Crippen molar-refractivity contribution in [2.24, 2.45) is 5.10 Å². The highest BCUT2D eigenvalue weighted by atomic mass is 127. The number of benzene rings is 1. The first-order valence-corrected chi connectivity index (χ1v) is 7.36. The first-order chi connectivity index (χ1) is 9.58. The van der Waals surface area contributed by atoms with Gasteiger partial charge in [-0.3, -0.25) is 9.78 Å². The summed E-state index contributed by atoms with van der Waals surface area (Å²) in [5.74, 6) is -0.244. The van der Waals surface area contributed by atoms with Crippen molar-refractivity contribution < 1.29 is 9.90 Å². The van der Waals surface area contributed by atoms with Crippen molar-refractivity contribution >= 4 is 50.6 Å². The fourth-order valence-corrected chi connectivity index (χ4v) is 2.96. The van der Waals surface area contributed by atoms with E-state index < -0.39 is 0 Å². The summed E-state index contributed by atoms with van der Waals surface area (Å²) in [6.45, 7) is 0. The number of amides is 1. The molecule has 0 radical (unpaired) electrons. The smallest absolute Gasteiger partial charge is 0.272 e. The number of rotatable bonds is 3. The molecule has 0 fully saturated rings. The van der Waals surface area contributed by atoms with E-state index in [1.165, 1.54) is 12.4 Å². The van der Waals surface area contributed by atoms with Gasteiger partial charge in [-0.15, -0.1) is 0 Å². The molecule has 1 aromatic heterocycles. The number of halogens is 2. The van der Waals surface area contributed by atoms with Gasteiger partial charge in [-0.2, -0.15) is 5.10 Å². The summed E-state index contributed by atoms with van der Waals surface area (Å²) in [7, 11) is 0.